The van der Waals surface area contributed by atoms with E-state index in [1.54, 1.807) is 7.11 Å². The lowest BCUT2D eigenvalue weighted by Crippen LogP contribution is -2.01. The molecule has 1 aromatic heterocycles. The van der Waals surface area contributed by atoms with Crippen molar-refractivity contribution in [2.75, 3.05) is 12.4 Å². The Kier molecular flexibility index (Phi) is 3.25. The number of imidazole rings is 1. The zero-order valence-electron chi connectivity index (χ0n) is 11.4. The van der Waals surface area contributed by atoms with Gasteiger partial charge >= 0.3 is 0 Å². The van der Waals surface area contributed by atoms with E-state index in [1.807, 2.05) is 13.0 Å². The van der Waals surface area contributed by atoms with Crippen LogP contribution in [0.4, 0.5) is 11.6 Å². The summed E-state index contributed by atoms with van der Waals surface area (Å²) in [6.45, 7) is 2.66. The second-order valence-electron chi connectivity index (χ2n) is 5.10. The van der Waals surface area contributed by atoms with Crippen molar-refractivity contribution in [2.24, 2.45) is 0 Å². The number of anilines is 2. The van der Waals surface area contributed by atoms with Crippen molar-refractivity contribution in [1.82, 2.24) is 9.55 Å². The summed E-state index contributed by atoms with van der Waals surface area (Å²) in [6.07, 6.45) is 4.64. The Balaban J connectivity index is 1.82. The Morgan fingerprint density at radius 1 is 1.42 bits per heavy atom. The summed E-state index contributed by atoms with van der Waals surface area (Å²) >= 11 is 0. The van der Waals surface area contributed by atoms with E-state index in [1.165, 1.54) is 12.8 Å². The molecule has 1 N–H and O–H groups in total. The third-order valence-electron chi connectivity index (χ3n) is 3.29. The molecule has 1 saturated carbocycles. The largest absolute Gasteiger partial charge is 0.380 e. The SMILES string of the molecule is COCc1cccc(Nc2nc(C)cn2C2CC2)c1. The number of nitrogens with one attached hydrogen (secondary N) is 1. The first kappa shape index (κ1) is 12.2. The van der Waals surface area contributed by atoms with Gasteiger partial charge in [0.1, 0.15) is 0 Å². The van der Waals surface area contributed by atoms with Crippen LogP contribution in [0.3, 0.4) is 0 Å². The first-order chi connectivity index (χ1) is 9.26. The zero-order chi connectivity index (χ0) is 13.2. The molecule has 0 saturated heterocycles. The van der Waals surface area contributed by atoms with Crippen LogP contribution in [0.25, 0.3) is 0 Å². The molecular weight excluding hydrogens is 238 g/mol. The average molecular weight is 257 g/mol. The van der Waals surface area contributed by atoms with Crippen LogP contribution in [0.15, 0.2) is 30.5 Å². The van der Waals surface area contributed by atoms with E-state index in [4.69, 9.17) is 4.74 Å². The first-order valence-corrected chi connectivity index (χ1v) is 6.66. The molecule has 4 nitrogen and oxygen atoms in total. The zero-order valence-corrected chi connectivity index (χ0v) is 11.4. The lowest BCUT2D eigenvalue weighted by atomic mass is 10.2. The number of hydrogen-bond donors (Lipinski definition) is 1. The van der Waals surface area contributed by atoms with Crippen LogP contribution in [0.2, 0.25) is 0 Å². The summed E-state index contributed by atoms with van der Waals surface area (Å²) in [7, 11) is 1.71. The lowest BCUT2D eigenvalue weighted by Gasteiger charge is -2.09. The quantitative estimate of drug-likeness (QED) is 0.892. The van der Waals surface area contributed by atoms with Gasteiger partial charge in [-0.05, 0) is 37.5 Å². The number of methoxy groups -OCH3 is 1. The molecule has 4 heteroatoms. The maximum Gasteiger partial charge on any atom is 0.207 e. The van der Waals surface area contributed by atoms with E-state index in [0.29, 0.717) is 12.6 Å². The van der Waals surface area contributed by atoms with Crippen LogP contribution in [0.1, 0.15) is 30.1 Å². The topological polar surface area (TPSA) is 39.1 Å². The van der Waals surface area contributed by atoms with Gasteiger partial charge in [0.2, 0.25) is 5.95 Å². The monoisotopic (exact) mass is 257 g/mol. The van der Waals surface area contributed by atoms with Gasteiger partial charge in [-0.15, -0.1) is 0 Å². The van der Waals surface area contributed by atoms with Crippen molar-refractivity contribution in [3.8, 4) is 0 Å². The van der Waals surface area contributed by atoms with Gasteiger partial charge in [0.05, 0.1) is 12.3 Å². The predicted molar refractivity (Wildman–Crippen MR) is 75.7 cm³/mol. The van der Waals surface area contributed by atoms with Gasteiger partial charge in [0.25, 0.3) is 0 Å². The molecule has 2 aromatic rings. The minimum absolute atomic E-state index is 0.630. The predicted octanol–water partition coefficient (Wildman–Crippen LogP) is 3.42. The van der Waals surface area contributed by atoms with Gasteiger partial charge in [-0.25, -0.2) is 4.98 Å². The molecule has 1 aliphatic carbocycles. The van der Waals surface area contributed by atoms with Crippen molar-refractivity contribution in [2.45, 2.75) is 32.4 Å². The van der Waals surface area contributed by atoms with E-state index in [2.05, 4.69) is 39.3 Å². The number of rotatable bonds is 5. The average Bonchev–Trinajstić information content (AvgIpc) is 3.15. The Hall–Kier alpha value is -1.81. The molecule has 0 atom stereocenters. The van der Waals surface area contributed by atoms with Crippen molar-refractivity contribution in [3.05, 3.63) is 41.7 Å². The third-order valence-corrected chi connectivity index (χ3v) is 3.29. The molecule has 1 fully saturated rings. The molecule has 0 spiro atoms. The van der Waals surface area contributed by atoms with E-state index >= 15 is 0 Å². The molecule has 19 heavy (non-hydrogen) atoms. The number of benzene rings is 1. The van der Waals surface area contributed by atoms with Crippen LogP contribution in [-0.2, 0) is 11.3 Å². The maximum atomic E-state index is 5.16. The van der Waals surface area contributed by atoms with Gasteiger partial charge < -0.3 is 14.6 Å². The fourth-order valence-electron chi connectivity index (χ4n) is 2.27. The van der Waals surface area contributed by atoms with Crippen LogP contribution in [0.5, 0.6) is 0 Å². The smallest absolute Gasteiger partial charge is 0.207 e. The maximum absolute atomic E-state index is 5.16. The van der Waals surface area contributed by atoms with E-state index in [9.17, 15) is 0 Å². The molecular formula is C15H19N3O. The molecule has 1 heterocycles. The Morgan fingerprint density at radius 2 is 2.26 bits per heavy atom. The highest BCUT2D eigenvalue weighted by Crippen LogP contribution is 2.37. The summed E-state index contributed by atoms with van der Waals surface area (Å²) in [5.74, 6) is 0.939. The number of hydrogen-bond acceptors (Lipinski definition) is 3. The summed E-state index contributed by atoms with van der Waals surface area (Å²) in [5.41, 5.74) is 3.28. The molecule has 1 aromatic carbocycles. The third kappa shape index (κ3) is 2.79. The molecule has 0 bridgehead atoms. The van der Waals surface area contributed by atoms with Crippen LogP contribution >= 0.6 is 0 Å². The van der Waals surface area contributed by atoms with Crippen LogP contribution in [-0.4, -0.2) is 16.7 Å². The van der Waals surface area contributed by atoms with Crippen molar-refractivity contribution < 1.29 is 4.74 Å². The normalized spacial score (nSPS) is 14.6. The Morgan fingerprint density at radius 3 is 3.00 bits per heavy atom. The van der Waals surface area contributed by atoms with Crippen LogP contribution < -0.4 is 5.32 Å². The Bertz CT molecular complexity index is 573. The second kappa shape index (κ2) is 5.05. The van der Waals surface area contributed by atoms with E-state index in [-0.39, 0.29) is 0 Å². The second-order valence-corrected chi connectivity index (χ2v) is 5.10. The summed E-state index contributed by atoms with van der Waals surface area (Å²) in [5, 5.41) is 3.41. The Labute approximate surface area is 113 Å². The minimum Gasteiger partial charge on any atom is -0.380 e. The number of ether oxygens (including phenoxy) is 1. The van der Waals surface area contributed by atoms with Crippen molar-refractivity contribution >= 4 is 11.6 Å². The molecule has 100 valence electrons. The van der Waals surface area contributed by atoms with Crippen molar-refractivity contribution in [1.29, 1.82) is 0 Å². The van der Waals surface area contributed by atoms with E-state index < -0.39 is 0 Å². The summed E-state index contributed by atoms with van der Waals surface area (Å²) in [6, 6.07) is 8.89. The first-order valence-electron chi connectivity index (χ1n) is 6.66. The molecule has 0 aliphatic heterocycles. The number of nitrogens with zero attached hydrogens (tertiary/aromatic N) is 2. The van der Waals surface area contributed by atoms with Gasteiger partial charge in [-0.3, -0.25) is 0 Å². The van der Waals surface area contributed by atoms with Gasteiger partial charge in [-0.2, -0.15) is 0 Å². The molecule has 0 radical (unpaired) electrons. The summed E-state index contributed by atoms with van der Waals surface area (Å²) < 4.78 is 7.41. The molecule has 3 rings (SSSR count). The molecule has 0 amide bonds. The lowest BCUT2D eigenvalue weighted by molar-refractivity contribution is 0.185. The van der Waals surface area contributed by atoms with E-state index in [0.717, 1.165) is 22.9 Å². The van der Waals surface area contributed by atoms with Gasteiger partial charge in [0, 0.05) is 25.0 Å². The highest BCUT2D eigenvalue weighted by Gasteiger charge is 2.26. The van der Waals surface area contributed by atoms with Gasteiger partial charge in [0.15, 0.2) is 0 Å². The molecule has 0 unspecified atom stereocenters. The standard InChI is InChI=1S/C15H19N3O/c1-11-9-18(14-6-7-14)15(16-11)17-13-5-3-4-12(8-13)10-19-2/h3-5,8-9,14H,6-7,10H2,1-2H3,(H,16,17). The minimum atomic E-state index is 0.630. The van der Waals surface area contributed by atoms with Crippen molar-refractivity contribution in [3.63, 3.8) is 0 Å². The highest BCUT2D eigenvalue weighted by atomic mass is 16.5. The fraction of sp³-hybridized carbons (Fsp3) is 0.400. The fourth-order valence-corrected chi connectivity index (χ4v) is 2.27. The number of aromatic nitrogens is 2. The molecule has 1 aliphatic rings. The number of aryl methyl sites for hydroxylation is 1. The highest BCUT2D eigenvalue weighted by molar-refractivity contribution is 5.55. The van der Waals surface area contributed by atoms with Crippen LogP contribution in [0, 0.1) is 6.92 Å². The summed E-state index contributed by atoms with van der Waals surface area (Å²) in [4.78, 5) is 4.56. The van der Waals surface area contributed by atoms with Gasteiger partial charge in [-0.1, -0.05) is 12.1 Å².